The van der Waals surface area contributed by atoms with Crippen molar-refractivity contribution in [1.29, 1.82) is 0 Å². The molecule has 0 aliphatic rings. The lowest BCUT2D eigenvalue weighted by Gasteiger charge is -2.18. The van der Waals surface area contributed by atoms with E-state index in [1.165, 1.54) is 7.11 Å². The number of nitrogens with one attached hydrogen (secondary N) is 1. The number of methoxy groups -OCH3 is 1. The van der Waals surface area contributed by atoms with Gasteiger partial charge in [-0.1, -0.05) is 0 Å². The molecule has 0 aromatic heterocycles. The SMILES string of the molecule is COCC(NC(=O)C(C)Oc1ccc(SC)cc1)C(=O)O. The molecule has 2 atom stereocenters. The van der Waals surface area contributed by atoms with Crippen LogP contribution in [0.5, 0.6) is 5.75 Å². The minimum Gasteiger partial charge on any atom is -0.481 e. The first-order chi connectivity index (χ1) is 9.97. The van der Waals surface area contributed by atoms with Crippen LogP contribution in [0, 0.1) is 0 Å². The van der Waals surface area contributed by atoms with Gasteiger partial charge in [-0.2, -0.15) is 0 Å². The zero-order chi connectivity index (χ0) is 15.8. The van der Waals surface area contributed by atoms with Crippen molar-refractivity contribution < 1.29 is 24.2 Å². The van der Waals surface area contributed by atoms with E-state index in [-0.39, 0.29) is 6.61 Å². The van der Waals surface area contributed by atoms with E-state index in [0.717, 1.165) is 4.90 Å². The molecule has 1 aromatic rings. The van der Waals surface area contributed by atoms with Gasteiger partial charge in [-0.05, 0) is 37.4 Å². The number of hydrogen-bond acceptors (Lipinski definition) is 5. The molecule has 0 saturated heterocycles. The van der Waals surface area contributed by atoms with Crippen LogP contribution in [-0.2, 0) is 14.3 Å². The molecule has 0 spiro atoms. The average molecular weight is 313 g/mol. The number of carboxylic acids is 1. The summed E-state index contributed by atoms with van der Waals surface area (Å²) in [4.78, 5) is 23.9. The maximum absolute atomic E-state index is 11.9. The van der Waals surface area contributed by atoms with Gasteiger partial charge < -0.3 is 19.9 Å². The minimum absolute atomic E-state index is 0.101. The highest BCUT2D eigenvalue weighted by Gasteiger charge is 2.23. The predicted octanol–water partition coefficient (Wildman–Crippen LogP) is 1.39. The largest absolute Gasteiger partial charge is 0.481 e. The minimum atomic E-state index is -1.15. The number of amides is 1. The van der Waals surface area contributed by atoms with E-state index in [0.29, 0.717) is 5.75 Å². The Bertz CT molecular complexity index is 477. The molecule has 6 nitrogen and oxygen atoms in total. The molecule has 21 heavy (non-hydrogen) atoms. The predicted molar refractivity (Wildman–Crippen MR) is 79.8 cm³/mol. The highest BCUT2D eigenvalue weighted by molar-refractivity contribution is 7.98. The summed E-state index contributed by atoms with van der Waals surface area (Å²) in [5.41, 5.74) is 0. The number of thioether (sulfide) groups is 1. The Balaban J connectivity index is 2.58. The molecule has 116 valence electrons. The fraction of sp³-hybridized carbons (Fsp3) is 0.429. The van der Waals surface area contributed by atoms with Crippen molar-refractivity contribution in [3.63, 3.8) is 0 Å². The lowest BCUT2D eigenvalue weighted by Crippen LogP contribution is -2.48. The number of carboxylic acid groups (broad SMARTS) is 1. The first-order valence-electron chi connectivity index (χ1n) is 6.30. The molecule has 1 rings (SSSR count). The van der Waals surface area contributed by atoms with Gasteiger partial charge in [0.2, 0.25) is 0 Å². The lowest BCUT2D eigenvalue weighted by molar-refractivity contribution is -0.144. The summed E-state index contributed by atoms with van der Waals surface area (Å²) in [7, 11) is 1.37. The fourth-order valence-electron chi connectivity index (χ4n) is 1.54. The Morgan fingerprint density at radius 2 is 1.95 bits per heavy atom. The molecule has 0 saturated carbocycles. The van der Waals surface area contributed by atoms with Crippen LogP contribution in [0.2, 0.25) is 0 Å². The number of carbonyl (C=O) groups is 2. The van der Waals surface area contributed by atoms with Gasteiger partial charge in [-0.25, -0.2) is 4.79 Å². The van der Waals surface area contributed by atoms with Crippen molar-refractivity contribution in [1.82, 2.24) is 5.32 Å². The van der Waals surface area contributed by atoms with Gasteiger partial charge in [-0.15, -0.1) is 11.8 Å². The van der Waals surface area contributed by atoms with E-state index in [2.05, 4.69) is 5.32 Å². The first kappa shape index (κ1) is 17.3. The van der Waals surface area contributed by atoms with Crippen LogP contribution in [0.1, 0.15) is 6.92 Å². The Morgan fingerprint density at radius 3 is 2.43 bits per heavy atom. The highest BCUT2D eigenvalue weighted by Crippen LogP contribution is 2.19. The lowest BCUT2D eigenvalue weighted by atomic mass is 10.2. The summed E-state index contributed by atoms with van der Waals surface area (Å²) in [6.45, 7) is 1.46. The summed E-state index contributed by atoms with van der Waals surface area (Å²) in [6.07, 6.45) is 1.16. The first-order valence-corrected chi connectivity index (χ1v) is 7.53. The van der Waals surface area contributed by atoms with E-state index < -0.39 is 24.0 Å². The zero-order valence-electron chi connectivity index (χ0n) is 12.2. The number of ether oxygens (including phenoxy) is 2. The van der Waals surface area contributed by atoms with Gasteiger partial charge in [-0.3, -0.25) is 4.79 Å². The highest BCUT2D eigenvalue weighted by atomic mass is 32.2. The molecular weight excluding hydrogens is 294 g/mol. The van der Waals surface area contributed by atoms with Gasteiger partial charge in [0, 0.05) is 12.0 Å². The number of carbonyl (C=O) groups excluding carboxylic acids is 1. The van der Waals surface area contributed by atoms with Gasteiger partial charge >= 0.3 is 5.97 Å². The van der Waals surface area contributed by atoms with E-state index in [1.807, 2.05) is 18.4 Å². The maximum Gasteiger partial charge on any atom is 0.328 e. The van der Waals surface area contributed by atoms with Crippen LogP contribution in [0.25, 0.3) is 0 Å². The van der Waals surface area contributed by atoms with Gasteiger partial charge in [0.05, 0.1) is 6.61 Å². The van der Waals surface area contributed by atoms with Crippen LogP contribution in [0.4, 0.5) is 0 Å². The van der Waals surface area contributed by atoms with E-state index >= 15 is 0 Å². The molecule has 7 heteroatoms. The number of hydrogen-bond donors (Lipinski definition) is 2. The van der Waals surface area contributed by atoms with E-state index in [9.17, 15) is 9.59 Å². The summed E-state index contributed by atoms with van der Waals surface area (Å²) >= 11 is 1.61. The molecule has 2 N–H and O–H groups in total. The second-order valence-electron chi connectivity index (χ2n) is 4.29. The summed E-state index contributed by atoms with van der Waals surface area (Å²) < 4.78 is 10.2. The van der Waals surface area contributed by atoms with Gasteiger partial charge in [0.1, 0.15) is 5.75 Å². The van der Waals surface area contributed by atoms with Crippen molar-refractivity contribution in [2.75, 3.05) is 20.0 Å². The molecule has 0 radical (unpaired) electrons. The quantitative estimate of drug-likeness (QED) is 0.706. The maximum atomic E-state index is 11.9. The van der Waals surface area contributed by atoms with Crippen LogP contribution in [0.3, 0.4) is 0 Å². The molecule has 1 aromatic carbocycles. The van der Waals surface area contributed by atoms with Crippen molar-refractivity contribution in [2.24, 2.45) is 0 Å². The third-order valence-electron chi connectivity index (χ3n) is 2.69. The number of benzene rings is 1. The van der Waals surface area contributed by atoms with Crippen molar-refractivity contribution in [2.45, 2.75) is 24.0 Å². The zero-order valence-corrected chi connectivity index (χ0v) is 13.0. The van der Waals surface area contributed by atoms with Gasteiger partial charge in [0.15, 0.2) is 12.1 Å². The smallest absolute Gasteiger partial charge is 0.328 e. The second kappa shape index (κ2) is 8.53. The second-order valence-corrected chi connectivity index (χ2v) is 5.17. The average Bonchev–Trinajstić information content (AvgIpc) is 2.47. The molecule has 0 fully saturated rings. The third kappa shape index (κ3) is 5.65. The van der Waals surface area contributed by atoms with E-state index in [1.54, 1.807) is 30.8 Å². The Labute approximate surface area is 127 Å². The molecule has 0 aliphatic carbocycles. The standard InChI is InChI=1S/C14H19NO5S/c1-9(13(16)15-12(8-19-2)14(17)18)20-10-4-6-11(21-3)7-5-10/h4-7,9,12H,8H2,1-3H3,(H,15,16)(H,17,18). The summed E-state index contributed by atoms with van der Waals surface area (Å²) in [6, 6.07) is 6.21. The summed E-state index contributed by atoms with van der Waals surface area (Å²) in [5, 5.41) is 11.3. The van der Waals surface area contributed by atoms with Crippen LogP contribution in [0.15, 0.2) is 29.2 Å². The molecule has 2 unspecified atom stereocenters. The fourth-order valence-corrected chi connectivity index (χ4v) is 1.95. The molecular formula is C14H19NO5S. The molecule has 0 heterocycles. The molecule has 1 amide bonds. The van der Waals surface area contributed by atoms with Gasteiger partial charge in [0.25, 0.3) is 5.91 Å². The monoisotopic (exact) mass is 313 g/mol. The molecule has 0 aliphatic heterocycles. The van der Waals surface area contributed by atoms with Crippen LogP contribution in [-0.4, -0.2) is 49.1 Å². The van der Waals surface area contributed by atoms with Crippen molar-refractivity contribution in [3.05, 3.63) is 24.3 Å². The van der Waals surface area contributed by atoms with Crippen molar-refractivity contribution >= 4 is 23.6 Å². The topological polar surface area (TPSA) is 84.9 Å². The normalized spacial score (nSPS) is 13.3. The summed E-state index contributed by atoms with van der Waals surface area (Å²) in [5.74, 6) is -1.11. The van der Waals surface area contributed by atoms with E-state index in [4.69, 9.17) is 14.6 Å². The van der Waals surface area contributed by atoms with Crippen LogP contribution < -0.4 is 10.1 Å². The number of aliphatic carboxylic acids is 1. The van der Waals surface area contributed by atoms with Crippen molar-refractivity contribution in [3.8, 4) is 5.75 Å². The Hall–Kier alpha value is -1.73. The Kier molecular flexibility index (Phi) is 7.04. The third-order valence-corrected chi connectivity index (χ3v) is 3.43. The Morgan fingerprint density at radius 1 is 1.33 bits per heavy atom. The molecule has 0 bridgehead atoms. The number of rotatable bonds is 8. The van der Waals surface area contributed by atoms with Crippen LogP contribution >= 0.6 is 11.8 Å².